The number of hydrogen-bond donors (Lipinski definition) is 1. The molecule has 0 aliphatic carbocycles. The zero-order valence-corrected chi connectivity index (χ0v) is 14.6. The second-order valence-corrected chi connectivity index (χ2v) is 7.21. The van der Waals surface area contributed by atoms with Crippen molar-refractivity contribution in [1.82, 2.24) is 0 Å². The molecule has 124 valence electrons. The molecule has 2 aromatic carbocycles. The summed E-state index contributed by atoms with van der Waals surface area (Å²) < 4.78 is 38.0. The fraction of sp³-hybridized carbons (Fsp3) is 0.250. The number of sulfonamides is 1. The van der Waals surface area contributed by atoms with E-state index in [1.807, 2.05) is 13.8 Å². The van der Waals surface area contributed by atoms with Gasteiger partial charge in [0.05, 0.1) is 23.8 Å². The molecular weight excluding hydrogens is 338 g/mol. The maximum absolute atomic E-state index is 12.5. The molecule has 0 aliphatic heterocycles. The molecule has 0 unspecified atom stereocenters. The van der Waals surface area contributed by atoms with E-state index in [2.05, 4.69) is 4.72 Å². The molecule has 2 aromatic rings. The van der Waals surface area contributed by atoms with Crippen molar-refractivity contribution >= 4 is 27.3 Å². The predicted molar refractivity (Wildman–Crippen MR) is 91.0 cm³/mol. The highest BCUT2D eigenvalue weighted by Crippen LogP contribution is 2.30. The minimum Gasteiger partial charge on any atom is -0.495 e. The SMILES string of the molecule is COc1ccc(Cl)cc1NS(=O)(=O)c1ccc(OC(C)C)cc1. The standard InChI is InChI=1S/C16H18ClNO4S/c1-11(2)22-13-5-7-14(8-6-13)23(19,20)18-15-10-12(17)4-9-16(15)21-3/h4-11,18H,1-3H3. The number of rotatable bonds is 6. The number of methoxy groups -OCH3 is 1. The van der Waals surface area contributed by atoms with E-state index in [9.17, 15) is 8.42 Å². The Bertz CT molecular complexity index is 773. The van der Waals surface area contributed by atoms with E-state index < -0.39 is 10.0 Å². The highest BCUT2D eigenvalue weighted by atomic mass is 35.5. The average Bonchev–Trinajstić information content (AvgIpc) is 2.47. The monoisotopic (exact) mass is 355 g/mol. The van der Waals surface area contributed by atoms with Gasteiger partial charge in [0.15, 0.2) is 0 Å². The summed E-state index contributed by atoms with van der Waals surface area (Å²) in [7, 11) is -2.29. The van der Waals surface area contributed by atoms with Gasteiger partial charge in [-0.05, 0) is 56.3 Å². The van der Waals surface area contributed by atoms with Crippen molar-refractivity contribution in [2.45, 2.75) is 24.8 Å². The van der Waals surface area contributed by atoms with Crippen LogP contribution in [-0.4, -0.2) is 21.6 Å². The van der Waals surface area contributed by atoms with Crippen molar-refractivity contribution in [3.05, 3.63) is 47.5 Å². The summed E-state index contributed by atoms with van der Waals surface area (Å²) in [6, 6.07) is 10.9. The van der Waals surface area contributed by atoms with Crippen molar-refractivity contribution < 1.29 is 17.9 Å². The zero-order valence-electron chi connectivity index (χ0n) is 13.0. The van der Waals surface area contributed by atoms with Crippen LogP contribution in [0.1, 0.15) is 13.8 Å². The molecule has 1 N–H and O–H groups in total. The fourth-order valence-electron chi connectivity index (χ4n) is 1.93. The first kappa shape index (κ1) is 17.4. The van der Waals surface area contributed by atoms with Gasteiger partial charge in [-0.3, -0.25) is 4.72 Å². The summed E-state index contributed by atoms with van der Waals surface area (Å²) in [5, 5.41) is 0.407. The number of benzene rings is 2. The maximum atomic E-state index is 12.5. The first-order chi connectivity index (χ1) is 10.8. The zero-order chi connectivity index (χ0) is 17.0. The minimum absolute atomic E-state index is 0.0197. The van der Waals surface area contributed by atoms with Gasteiger partial charge in [-0.25, -0.2) is 8.42 Å². The molecule has 23 heavy (non-hydrogen) atoms. The van der Waals surface area contributed by atoms with Crippen LogP contribution in [0, 0.1) is 0 Å². The van der Waals surface area contributed by atoms with Gasteiger partial charge >= 0.3 is 0 Å². The Kier molecular flexibility index (Phi) is 5.38. The van der Waals surface area contributed by atoms with Gasteiger partial charge in [0.1, 0.15) is 11.5 Å². The van der Waals surface area contributed by atoms with E-state index in [1.165, 1.54) is 25.3 Å². The van der Waals surface area contributed by atoms with Crippen molar-refractivity contribution in [2.75, 3.05) is 11.8 Å². The van der Waals surface area contributed by atoms with Crippen LogP contribution < -0.4 is 14.2 Å². The number of halogens is 1. The summed E-state index contributed by atoms with van der Waals surface area (Å²) in [4.78, 5) is 0.121. The molecule has 0 saturated heterocycles. The van der Waals surface area contributed by atoms with Gasteiger partial charge in [0, 0.05) is 5.02 Å². The average molecular weight is 356 g/mol. The van der Waals surface area contributed by atoms with Gasteiger partial charge in [0.25, 0.3) is 10.0 Å². The smallest absolute Gasteiger partial charge is 0.262 e. The first-order valence-electron chi connectivity index (χ1n) is 6.95. The Labute approximate surface area is 141 Å². The van der Waals surface area contributed by atoms with Crippen LogP contribution in [0.2, 0.25) is 5.02 Å². The lowest BCUT2D eigenvalue weighted by molar-refractivity contribution is 0.242. The van der Waals surface area contributed by atoms with Crippen molar-refractivity contribution in [2.24, 2.45) is 0 Å². The van der Waals surface area contributed by atoms with Crippen LogP contribution in [0.3, 0.4) is 0 Å². The quantitative estimate of drug-likeness (QED) is 0.852. The third kappa shape index (κ3) is 4.53. The van der Waals surface area contributed by atoms with Crippen LogP contribution in [0.25, 0.3) is 0 Å². The number of ether oxygens (including phenoxy) is 2. The third-order valence-corrected chi connectivity index (χ3v) is 4.53. The summed E-state index contributed by atoms with van der Waals surface area (Å²) in [6.45, 7) is 3.80. The van der Waals surface area contributed by atoms with Gasteiger partial charge in [-0.15, -0.1) is 0 Å². The summed E-state index contributed by atoms with van der Waals surface area (Å²) in [5.41, 5.74) is 0.280. The molecule has 0 heterocycles. The molecule has 0 aliphatic rings. The van der Waals surface area contributed by atoms with Crippen LogP contribution >= 0.6 is 11.6 Å². The molecule has 7 heteroatoms. The van der Waals surface area contributed by atoms with E-state index in [0.717, 1.165) is 0 Å². The van der Waals surface area contributed by atoms with E-state index >= 15 is 0 Å². The van der Waals surface area contributed by atoms with Crippen molar-refractivity contribution in [3.63, 3.8) is 0 Å². The Morgan fingerprint density at radius 1 is 1.09 bits per heavy atom. The van der Waals surface area contributed by atoms with E-state index in [0.29, 0.717) is 16.5 Å². The second-order valence-electron chi connectivity index (χ2n) is 5.09. The highest BCUT2D eigenvalue weighted by molar-refractivity contribution is 7.92. The fourth-order valence-corrected chi connectivity index (χ4v) is 3.17. The Hall–Kier alpha value is -1.92. The third-order valence-electron chi connectivity index (χ3n) is 2.91. The van der Waals surface area contributed by atoms with Crippen LogP contribution in [0.4, 0.5) is 5.69 Å². The normalized spacial score (nSPS) is 11.3. The van der Waals surface area contributed by atoms with E-state index in [-0.39, 0.29) is 16.7 Å². The molecule has 5 nitrogen and oxygen atoms in total. The maximum Gasteiger partial charge on any atom is 0.262 e. The molecule has 0 aromatic heterocycles. The van der Waals surface area contributed by atoms with E-state index in [4.69, 9.17) is 21.1 Å². The first-order valence-corrected chi connectivity index (χ1v) is 8.81. The van der Waals surface area contributed by atoms with Crippen LogP contribution in [-0.2, 0) is 10.0 Å². The Balaban J connectivity index is 2.27. The molecule has 0 atom stereocenters. The lowest BCUT2D eigenvalue weighted by Gasteiger charge is -2.13. The van der Waals surface area contributed by atoms with Crippen LogP contribution in [0.15, 0.2) is 47.4 Å². The largest absolute Gasteiger partial charge is 0.495 e. The minimum atomic E-state index is -3.75. The summed E-state index contributed by atoms with van der Waals surface area (Å²) >= 11 is 5.91. The van der Waals surface area contributed by atoms with Crippen LogP contribution in [0.5, 0.6) is 11.5 Å². The van der Waals surface area contributed by atoms with Gasteiger partial charge in [-0.2, -0.15) is 0 Å². The number of hydrogen-bond acceptors (Lipinski definition) is 4. The summed E-state index contributed by atoms with van der Waals surface area (Å²) in [5.74, 6) is 0.997. The predicted octanol–water partition coefficient (Wildman–Crippen LogP) is 3.94. The van der Waals surface area contributed by atoms with Gasteiger partial charge in [0.2, 0.25) is 0 Å². The Morgan fingerprint density at radius 2 is 1.74 bits per heavy atom. The summed E-state index contributed by atoms with van der Waals surface area (Å²) in [6.07, 6.45) is 0.0197. The molecule has 2 rings (SSSR count). The second kappa shape index (κ2) is 7.10. The molecule has 0 fully saturated rings. The Morgan fingerprint density at radius 3 is 2.30 bits per heavy atom. The topological polar surface area (TPSA) is 64.6 Å². The lowest BCUT2D eigenvalue weighted by Crippen LogP contribution is -2.14. The number of nitrogens with one attached hydrogen (secondary N) is 1. The molecule has 0 spiro atoms. The number of anilines is 1. The molecular formula is C16H18ClNO4S. The van der Waals surface area contributed by atoms with Gasteiger partial charge < -0.3 is 9.47 Å². The molecule has 0 amide bonds. The lowest BCUT2D eigenvalue weighted by atomic mass is 10.3. The van der Waals surface area contributed by atoms with Crippen molar-refractivity contribution in [1.29, 1.82) is 0 Å². The van der Waals surface area contributed by atoms with Crippen molar-refractivity contribution in [3.8, 4) is 11.5 Å². The molecule has 0 radical (unpaired) electrons. The molecule has 0 saturated carbocycles. The highest BCUT2D eigenvalue weighted by Gasteiger charge is 2.17. The van der Waals surface area contributed by atoms with E-state index in [1.54, 1.807) is 24.3 Å². The van der Waals surface area contributed by atoms with Gasteiger partial charge in [-0.1, -0.05) is 11.6 Å². The molecule has 0 bridgehead atoms.